The molecule has 30 heavy (non-hydrogen) atoms. The number of rotatable bonds is 7. The van der Waals surface area contributed by atoms with Gasteiger partial charge in [-0.25, -0.2) is 4.99 Å². The van der Waals surface area contributed by atoms with Crippen LogP contribution in [0.2, 0.25) is 0 Å². The van der Waals surface area contributed by atoms with Crippen LogP contribution in [-0.4, -0.2) is 31.6 Å². The van der Waals surface area contributed by atoms with Crippen molar-refractivity contribution in [3.05, 3.63) is 101 Å². The molecule has 0 aliphatic heterocycles. The highest BCUT2D eigenvalue weighted by Gasteiger charge is 2.51. The molecule has 0 N–H and O–H groups in total. The monoisotopic (exact) mass is 430 g/mol. The summed E-state index contributed by atoms with van der Waals surface area (Å²) in [5, 5.41) is 15.4. The minimum absolute atomic E-state index is 0.719. The van der Waals surface area contributed by atoms with Crippen molar-refractivity contribution in [2.45, 2.75) is 0 Å². The fraction of sp³-hybridized carbons (Fsp3) is 0.120. The van der Waals surface area contributed by atoms with Crippen molar-refractivity contribution in [1.29, 1.82) is 5.26 Å². The molecule has 0 aliphatic rings. The molecule has 3 nitrogen and oxygen atoms in total. The number of allylic oxidation sites excluding steroid dienone is 1. The van der Waals surface area contributed by atoms with E-state index in [0.717, 1.165) is 26.3 Å². The van der Waals surface area contributed by atoms with Gasteiger partial charge in [0.15, 0.2) is 12.3 Å². The van der Waals surface area contributed by atoms with Crippen LogP contribution in [0.15, 0.2) is 106 Å². The molecule has 0 aliphatic carbocycles. The van der Waals surface area contributed by atoms with E-state index in [1.807, 2.05) is 79.8 Å². The summed E-state index contributed by atoms with van der Waals surface area (Å²) in [4.78, 5) is 6.59. The molecule has 0 fully saturated rings. The SMILES string of the molecule is CS/C(N=CN(C)C)=C(\C#N)[P+](c1ccccc1)(c1ccccc1)c1ccccc1. The first-order chi connectivity index (χ1) is 14.6. The van der Waals surface area contributed by atoms with E-state index in [2.05, 4.69) is 42.5 Å². The molecule has 3 aromatic rings. The van der Waals surface area contributed by atoms with Gasteiger partial charge in [0, 0.05) is 14.1 Å². The van der Waals surface area contributed by atoms with Gasteiger partial charge >= 0.3 is 0 Å². The van der Waals surface area contributed by atoms with E-state index in [9.17, 15) is 5.26 Å². The van der Waals surface area contributed by atoms with Crippen molar-refractivity contribution in [3.8, 4) is 6.07 Å². The van der Waals surface area contributed by atoms with Crippen LogP contribution in [0.1, 0.15) is 0 Å². The fourth-order valence-corrected chi connectivity index (χ4v) is 8.53. The van der Waals surface area contributed by atoms with Gasteiger partial charge in [-0.3, -0.25) is 0 Å². The number of hydrogen-bond donors (Lipinski definition) is 0. The second-order valence-electron chi connectivity index (χ2n) is 6.86. The molecule has 0 saturated heterocycles. The van der Waals surface area contributed by atoms with Crippen molar-refractivity contribution >= 4 is 41.3 Å². The highest BCUT2D eigenvalue weighted by molar-refractivity contribution is 8.04. The summed E-state index contributed by atoms with van der Waals surface area (Å²) in [7, 11) is 1.43. The zero-order valence-corrected chi connectivity index (χ0v) is 19.1. The third kappa shape index (κ3) is 4.33. The Morgan fingerprint density at radius 3 is 1.53 bits per heavy atom. The summed E-state index contributed by atoms with van der Waals surface area (Å²) >= 11 is 1.52. The minimum atomic E-state index is -2.43. The fourth-order valence-electron chi connectivity index (χ4n) is 3.43. The lowest BCUT2D eigenvalue weighted by Crippen LogP contribution is -2.32. The average Bonchev–Trinajstić information content (AvgIpc) is 2.80. The highest BCUT2D eigenvalue weighted by Crippen LogP contribution is 2.63. The molecule has 5 heteroatoms. The van der Waals surface area contributed by atoms with Crippen LogP contribution < -0.4 is 15.9 Å². The smallest absolute Gasteiger partial charge is 0.217 e. The van der Waals surface area contributed by atoms with Crippen molar-refractivity contribution in [1.82, 2.24) is 4.90 Å². The summed E-state index contributed by atoms with van der Waals surface area (Å²) < 4.78 is 0. The van der Waals surface area contributed by atoms with Crippen molar-refractivity contribution in [3.63, 3.8) is 0 Å². The lowest BCUT2D eigenvalue weighted by Gasteiger charge is -2.27. The number of nitrogens with zero attached hydrogens (tertiary/aromatic N) is 3. The molecule has 0 bridgehead atoms. The van der Waals surface area contributed by atoms with E-state index in [4.69, 9.17) is 4.99 Å². The second kappa shape index (κ2) is 10.3. The first-order valence-electron chi connectivity index (χ1n) is 9.60. The van der Waals surface area contributed by atoms with Gasteiger partial charge in [0.25, 0.3) is 0 Å². The topological polar surface area (TPSA) is 39.4 Å². The predicted molar refractivity (Wildman–Crippen MR) is 133 cm³/mol. The van der Waals surface area contributed by atoms with Crippen molar-refractivity contribution in [2.24, 2.45) is 4.99 Å². The maximum Gasteiger partial charge on any atom is 0.217 e. The Hall–Kier alpha value is -2.86. The molecular weight excluding hydrogens is 405 g/mol. The molecule has 3 rings (SSSR count). The second-order valence-corrected chi connectivity index (χ2v) is 11.0. The normalized spacial score (nSPS) is 12.3. The van der Waals surface area contributed by atoms with Crippen LogP contribution in [0.4, 0.5) is 0 Å². The zero-order valence-electron chi connectivity index (χ0n) is 17.4. The summed E-state index contributed by atoms with van der Waals surface area (Å²) in [5.74, 6) is 0. The van der Waals surface area contributed by atoms with Gasteiger partial charge in [0.2, 0.25) is 5.31 Å². The largest absolute Gasteiger partial charge is 0.369 e. The molecule has 0 amide bonds. The van der Waals surface area contributed by atoms with Crippen LogP contribution in [0.3, 0.4) is 0 Å². The molecule has 3 aromatic carbocycles. The highest BCUT2D eigenvalue weighted by atomic mass is 32.2. The number of benzene rings is 3. The maximum absolute atomic E-state index is 10.5. The number of nitriles is 1. The van der Waals surface area contributed by atoms with Crippen LogP contribution in [0.25, 0.3) is 0 Å². The van der Waals surface area contributed by atoms with Gasteiger partial charge in [0.1, 0.15) is 22.0 Å². The Kier molecular flexibility index (Phi) is 7.46. The van der Waals surface area contributed by atoms with Gasteiger partial charge in [-0.2, -0.15) is 5.26 Å². The predicted octanol–water partition coefficient (Wildman–Crippen LogP) is 4.63. The molecule has 0 radical (unpaired) electrons. The Morgan fingerprint density at radius 1 is 0.833 bits per heavy atom. The number of thioether (sulfide) groups is 1. The molecule has 0 atom stereocenters. The summed E-state index contributed by atoms with van der Waals surface area (Å²) in [6.07, 6.45) is 3.74. The van der Waals surface area contributed by atoms with Gasteiger partial charge in [-0.1, -0.05) is 54.6 Å². The summed E-state index contributed by atoms with van der Waals surface area (Å²) in [6, 6.07) is 33.8. The molecule has 0 heterocycles. The molecule has 0 saturated carbocycles. The molecule has 0 aromatic heterocycles. The lowest BCUT2D eigenvalue weighted by molar-refractivity contribution is 0.643. The van der Waals surface area contributed by atoms with Gasteiger partial charge in [-0.15, -0.1) is 11.8 Å². The molecule has 150 valence electrons. The third-order valence-corrected chi connectivity index (χ3v) is 9.72. The lowest BCUT2D eigenvalue weighted by atomic mass is 10.4. The van der Waals surface area contributed by atoms with Crippen molar-refractivity contribution < 1.29 is 0 Å². The van der Waals surface area contributed by atoms with E-state index in [0.29, 0.717) is 0 Å². The first kappa shape index (κ1) is 21.8. The quantitative estimate of drug-likeness (QED) is 0.238. The minimum Gasteiger partial charge on any atom is -0.369 e. The van der Waals surface area contributed by atoms with Crippen molar-refractivity contribution in [2.75, 3.05) is 20.4 Å². The third-order valence-electron chi connectivity index (χ3n) is 4.67. The number of hydrogen-bond acceptors (Lipinski definition) is 3. The Bertz CT molecular complexity index is 959. The maximum atomic E-state index is 10.5. The first-order valence-corrected chi connectivity index (χ1v) is 12.6. The average molecular weight is 431 g/mol. The summed E-state index contributed by atoms with van der Waals surface area (Å²) in [5.41, 5.74) is 0. The van der Waals surface area contributed by atoms with E-state index < -0.39 is 7.26 Å². The number of aliphatic imine (C=N–C) groups is 1. The van der Waals surface area contributed by atoms with Gasteiger partial charge in [0.05, 0.1) is 6.34 Å². The summed E-state index contributed by atoms with van der Waals surface area (Å²) in [6.45, 7) is 0. The Labute approximate surface area is 184 Å². The van der Waals surface area contributed by atoms with Gasteiger partial charge < -0.3 is 4.90 Å². The van der Waals surface area contributed by atoms with E-state index in [1.165, 1.54) is 11.8 Å². The van der Waals surface area contributed by atoms with Crippen LogP contribution in [0, 0.1) is 11.3 Å². The van der Waals surface area contributed by atoms with Crippen LogP contribution >= 0.6 is 19.0 Å². The van der Waals surface area contributed by atoms with Gasteiger partial charge in [-0.05, 0) is 42.7 Å². The van der Waals surface area contributed by atoms with Crippen LogP contribution in [0.5, 0.6) is 0 Å². The standard InChI is InChI=1S/C25H25N3PS/c1-28(2)20-27-25(30-3)24(19-26)29(21-13-7-4-8-14-21,22-15-9-5-10-16-22)23-17-11-6-12-18-23/h4-18,20H,1-3H3/q+1/b25-24+,27-20?. The molecule has 0 spiro atoms. The molecule has 0 unspecified atom stereocenters. The molecular formula is C25H25N3PS+. The Morgan fingerprint density at radius 2 is 1.23 bits per heavy atom. The van der Waals surface area contributed by atoms with Crippen LogP contribution in [-0.2, 0) is 0 Å². The van der Waals surface area contributed by atoms with E-state index in [1.54, 1.807) is 6.34 Å². The van der Waals surface area contributed by atoms with E-state index >= 15 is 0 Å². The van der Waals surface area contributed by atoms with E-state index in [-0.39, 0.29) is 0 Å². The zero-order chi connectivity index (χ0) is 21.4. The Balaban J connectivity index is 2.49.